The van der Waals surface area contributed by atoms with Crippen molar-refractivity contribution in [2.24, 2.45) is 0 Å². The lowest BCUT2D eigenvalue weighted by Gasteiger charge is -1.98. The van der Waals surface area contributed by atoms with Crippen LogP contribution in [-0.4, -0.2) is 31.8 Å². The summed E-state index contributed by atoms with van der Waals surface area (Å²) in [5.74, 6) is 0. The van der Waals surface area contributed by atoms with Crippen LogP contribution in [0.4, 0.5) is 0 Å². The van der Waals surface area contributed by atoms with Crippen molar-refractivity contribution in [1.29, 1.82) is 0 Å². The Morgan fingerprint density at radius 2 is 2.15 bits per heavy atom. The molecule has 0 spiro atoms. The molecule has 0 saturated heterocycles. The Hall–Kier alpha value is -1.11. The third-order valence-electron chi connectivity index (χ3n) is 1.62. The van der Waals surface area contributed by atoms with Crippen LogP contribution < -0.4 is 5.59 Å². The minimum Gasteiger partial charge on any atom is -0.422 e. The zero-order valence-electron chi connectivity index (χ0n) is 6.42. The second-order valence-electron chi connectivity index (χ2n) is 2.48. The number of fused-ring (bicyclic) bond motifs is 1. The molecule has 0 fully saturated rings. The molecule has 0 aliphatic heterocycles. The number of halogens is 1. The van der Waals surface area contributed by atoms with Crippen LogP contribution in [-0.2, 0) is 0 Å². The maximum Gasteiger partial charge on any atom is 0.509 e. The summed E-state index contributed by atoms with van der Waals surface area (Å²) < 4.78 is 1.28. The van der Waals surface area contributed by atoms with Gasteiger partial charge < -0.3 is 10.0 Å². The summed E-state index contributed by atoms with van der Waals surface area (Å²) in [6.07, 6.45) is 1.34. The molecule has 2 rings (SSSR count). The van der Waals surface area contributed by atoms with Crippen LogP contribution in [0.5, 0.6) is 0 Å². The molecule has 5 nitrogen and oxygen atoms in total. The number of hydrogen-bond acceptors (Lipinski definition) is 4. The molecule has 0 bridgehead atoms. The Morgan fingerprint density at radius 3 is 2.85 bits per heavy atom. The van der Waals surface area contributed by atoms with Gasteiger partial charge in [0.25, 0.3) is 0 Å². The van der Waals surface area contributed by atoms with Gasteiger partial charge in [-0.15, -0.1) is 0 Å². The number of nitrogens with zero attached hydrogens (tertiary/aromatic N) is 3. The minimum atomic E-state index is -1.60. The molecule has 2 N–H and O–H groups in total. The molecule has 0 aromatic carbocycles. The van der Waals surface area contributed by atoms with Crippen molar-refractivity contribution in [3.05, 3.63) is 23.5 Å². The molecule has 2 aromatic rings. The molecule has 0 amide bonds. The second-order valence-corrected chi connectivity index (χ2v) is 2.87. The Balaban J connectivity index is 2.71. The zero-order chi connectivity index (χ0) is 9.42. The van der Waals surface area contributed by atoms with Crippen LogP contribution >= 0.6 is 11.6 Å². The molecule has 0 radical (unpaired) electrons. The standard InChI is InChI=1S/C6H5BClN3O2/c8-5-1-2-6-9-3-4(7(12)13)11(6)10-5/h1-3,12-13H. The smallest absolute Gasteiger partial charge is 0.422 e. The van der Waals surface area contributed by atoms with Crippen molar-refractivity contribution in [2.75, 3.05) is 0 Å². The van der Waals surface area contributed by atoms with E-state index in [-0.39, 0.29) is 10.7 Å². The number of aromatic nitrogens is 3. The topological polar surface area (TPSA) is 70.7 Å². The molecule has 66 valence electrons. The predicted molar refractivity (Wildman–Crippen MR) is 47.8 cm³/mol. The van der Waals surface area contributed by atoms with Gasteiger partial charge >= 0.3 is 7.12 Å². The van der Waals surface area contributed by atoms with Crippen LogP contribution in [0.25, 0.3) is 5.65 Å². The quantitative estimate of drug-likeness (QED) is 0.579. The van der Waals surface area contributed by atoms with E-state index in [2.05, 4.69) is 10.1 Å². The summed E-state index contributed by atoms with van der Waals surface area (Å²) in [6, 6.07) is 3.22. The lowest BCUT2D eigenvalue weighted by molar-refractivity contribution is 0.423. The van der Waals surface area contributed by atoms with Gasteiger partial charge in [-0.2, -0.15) is 5.10 Å². The normalized spacial score (nSPS) is 10.7. The lowest BCUT2D eigenvalue weighted by Crippen LogP contribution is -2.34. The van der Waals surface area contributed by atoms with Gasteiger partial charge in [-0.1, -0.05) is 11.6 Å². The second kappa shape index (κ2) is 2.99. The van der Waals surface area contributed by atoms with Crippen molar-refractivity contribution >= 4 is 30.0 Å². The van der Waals surface area contributed by atoms with Crippen molar-refractivity contribution in [2.45, 2.75) is 0 Å². The van der Waals surface area contributed by atoms with Gasteiger partial charge in [0.15, 0.2) is 5.65 Å². The zero-order valence-corrected chi connectivity index (χ0v) is 7.18. The van der Waals surface area contributed by atoms with Gasteiger partial charge in [0.05, 0.1) is 5.59 Å². The van der Waals surface area contributed by atoms with E-state index in [1.54, 1.807) is 12.1 Å². The highest BCUT2D eigenvalue weighted by Crippen LogP contribution is 2.04. The van der Waals surface area contributed by atoms with E-state index in [0.717, 1.165) is 0 Å². The van der Waals surface area contributed by atoms with E-state index in [1.807, 2.05) is 0 Å². The molecule has 2 heterocycles. The summed E-state index contributed by atoms with van der Waals surface area (Å²) in [7, 11) is -1.60. The Labute approximate surface area is 78.7 Å². The Morgan fingerprint density at radius 1 is 1.38 bits per heavy atom. The third-order valence-corrected chi connectivity index (χ3v) is 1.82. The van der Waals surface area contributed by atoms with Crippen molar-refractivity contribution in [3.8, 4) is 0 Å². The number of rotatable bonds is 1. The summed E-state index contributed by atoms with van der Waals surface area (Å²) >= 11 is 5.63. The van der Waals surface area contributed by atoms with Crippen molar-refractivity contribution in [1.82, 2.24) is 14.6 Å². The van der Waals surface area contributed by atoms with E-state index in [9.17, 15) is 0 Å². The molecule has 0 aliphatic carbocycles. The molecule has 7 heteroatoms. The van der Waals surface area contributed by atoms with E-state index in [1.165, 1.54) is 10.7 Å². The van der Waals surface area contributed by atoms with Crippen LogP contribution in [0, 0.1) is 0 Å². The fraction of sp³-hybridized carbons (Fsp3) is 0. The molecule has 0 atom stereocenters. The molecule has 13 heavy (non-hydrogen) atoms. The Bertz CT molecular complexity index is 444. The van der Waals surface area contributed by atoms with E-state index < -0.39 is 7.12 Å². The summed E-state index contributed by atoms with van der Waals surface area (Å²) in [4.78, 5) is 3.90. The molecule has 0 unspecified atom stereocenters. The molecular formula is C6H5BClN3O2. The highest BCUT2D eigenvalue weighted by atomic mass is 35.5. The van der Waals surface area contributed by atoms with Gasteiger partial charge in [0.1, 0.15) is 5.15 Å². The van der Waals surface area contributed by atoms with Crippen LogP contribution in [0.3, 0.4) is 0 Å². The largest absolute Gasteiger partial charge is 0.509 e. The van der Waals surface area contributed by atoms with E-state index in [0.29, 0.717) is 5.65 Å². The lowest BCUT2D eigenvalue weighted by atomic mass is 9.87. The number of imidazole rings is 1. The molecule has 0 saturated carbocycles. The minimum absolute atomic E-state index is 0.192. The first-order valence-corrected chi connectivity index (χ1v) is 3.92. The van der Waals surface area contributed by atoms with Gasteiger partial charge in [0.2, 0.25) is 0 Å². The summed E-state index contributed by atoms with van der Waals surface area (Å²) in [5, 5.41) is 22.0. The SMILES string of the molecule is OB(O)c1cnc2ccc(Cl)nn12. The first-order chi connectivity index (χ1) is 6.18. The first-order valence-electron chi connectivity index (χ1n) is 3.55. The fourth-order valence-corrected chi connectivity index (χ4v) is 1.18. The average Bonchev–Trinajstić information content (AvgIpc) is 2.46. The predicted octanol–water partition coefficient (Wildman–Crippen LogP) is -0.938. The Kier molecular flexibility index (Phi) is 1.95. The van der Waals surface area contributed by atoms with Gasteiger partial charge in [0, 0.05) is 6.20 Å². The average molecular weight is 197 g/mol. The highest BCUT2D eigenvalue weighted by molar-refractivity contribution is 6.57. The van der Waals surface area contributed by atoms with Crippen LogP contribution in [0.1, 0.15) is 0 Å². The van der Waals surface area contributed by atoms with Gasteiger partial charge in [-0.3, -0.25) is 0 Å². The van der Waals surface area contributed by atoms with Crippen LogP contribution in [0.2, 0.25) is 5.15 Å². The fourth-order valence-electron chi connectivity index (χ4n) is 1.04. The first kappa shape index (κ1) is 8.49. The number of hydrogen-bond donors (Lipinski definition) is 2. The maximum absolute atomic E-state index is 8.91. The highest BCUT2D eigenvalue weighted by Gasteiger charge is 2.17. The summed E-state index contributed by atoms with van der Waals surface area (Å²) in [5.41, 5.74) is 0.713. The van der Waals surface area contributed by atoms with Crippen LogP contribution in [0.15, 0.2) is 18.3 Å². The molecule has 2 aromatic heterocycles. The summed E-state index contributed by atoms with van der Waals surface area (Å²) in [6.45, 7) is 0. The van der Waals surface area contributed by atoms with Gasteiger partial charge in [-0.05, 0) is 12.1 Å². The molecular weight excluding hydrogens is 192 g/mol. The van der Waals surface area contributed by atoms with Gasteiger partial charge in [-0.25, -0.2) is 9.50 Å². The third kappa shape index (κ3) is 1.39. The van der Waals surface area contributed by atoms with E-state index >= 15 is 0 Å². The monoisotopic (exact) mass is 197 g/mol. The molecule has 0 aliphatic rings. The maximum atomic E-state index is 8.91. The van der Waals surface area contributed by atoms with Crippen molar-refractivity contribution in [3.63, 3.8) is 0 Å². The van der Waals surface area contributed by atoms with Crippen molar-refractivity contribution < 1.29 is 10.0 Å². The van der Waals surface area contributed by atoms with E-state index in [4.69, 9.17) is 21.6 Å².